The molecule has 0 radical (unpaired) electrons. The van der Waals surface area contributed by atoms with Crippen molar-refractivity contribution in [2.24, 2.45) is 4.99 Å². The van der Waals surface area contributed by atoms with Gasteiger partial charge in [-0.2, -0.15) is 0 Å². The number of rotatable bonds is 3. The molecule has 0 spiro atoms. The fourth-order valence-electron chi connectivity index (χ4n) is 1.71. The Morgan fingerprint density at radius 1 is 1.10 bits per heavy atom. The Bertz CT molecular complexity index is 772. The molecule has 0 N–H and O–H groups in total. The molecule has 1 aromatic carbocycles. The molecular formula is C14H11N5O. The van der Waals surface area contributed by atoms with Crippen molar-refractivity contribution in [3.05, 3.63) is 48.7 Å². The molecule has 20 heavy (non-hydrogen) atoms. The van der Waals surface area contributed by atoms with Crippen LogP contribution in [0.2, 0.25) is 0 Å². The number of ether oxygens (including phenoxy) is 1. The Morgan fingerprint density at radius 3 is 2.85 bits per heavy atom. The molecule has 98 valence electrons. The van der Waals surface area contributed by atoms with E-state index >= 15 is 0 Å². The van der Waals surface area contributed by atoms with Crippen molar-refractivity contribution in [3.63, 3.8) is 0 Å². The summed E-state index contributed by atoms with van der Waals surface area (Å²) >= 11 is 0. The van der Waals surface area contributed by atoms with Gasteiger partial charge in [-0.15, -0.1) is 0 Å². The third-order valence-electron chi connectivity index (χ3n) is 2.65. The lowest BCUT2D eigenvalue weighted by Gasteiger charge is -2.02. The van der Waals surface area contributed by atoms with E-state index in [1.807, 2.05) is 24.3 Å². The second kappa shape index (κ2) is 5.40. The molecule has 0 fully saturated rings. The van der Waals surface area contributed by atoms with Gasteiger partial charge in [-0.1, -0.05) is 12.1 Å². The summed E-state index contributed by atoms with van der Waals surface area (Å²) in [7, 11) is 1.61. The molecule has 0 aliphatic carbocycles. The molecule has 0 amide bonds. The second-order valence-electron chi connectivity index (χ2n) is 3.92. The summed E-state index contributed by atoms with van der Waals surface area (Å²) in [4.78, 5) is 21.0. The number of para-hydroxylation sites is 2. The summed E-state index contributed by atoms with van der Waals surface area (Å²) in [5.74, 6) is 1.17. The smallest absolute Gasteiger partial charge is 0.181 e. The van der Waals surface area contributed by atoms with Crippen LogP contribution in [-0.2, 0) is 0 Å². The highest BCUT2D eigenvalue weighted by Crippen LogP contribution is 2.25. The van der Waals surface area contributed by atoms with Gasteiger partial charge in [0.2, 0.25) is 0 Å². The van der Waals surface area contributed by atoms with E-state index in [0.717, 1.165) is 5.69 Å². The van der Waals surface area contributed by atoms with Crippen LogP contribution in [0.5, 0.6) is 5.75 Å². The third kappa shape index (κ3) is 2.44. The molecule has 0 atom stereocenters. The highest BCUT2D eigenvalue weighted by molar-refractivity contribution is 5.81. The van der Waals surface area contributed by atoms with Crippen LogP contribution >= 0.6 is 0 Å². The zero-order chi connectivity index (χ0) is 13.8. The number of aliphatic imine (C=N–C) groups is 1. The SMILES string of the molecule is COc1ccccc1N=Cc1ncc2nccnc2n1. The van der Waals surface area contributed by atoms with E-state index in [9.17, 15) is 0 Å². The van der Waals surface area contributed by atoms with E-state index in [1.165, 1.54) is 0 Å². The molecule has 3 rings (SSSR count). The Kier molecular flexibility index (Phi) is 3.28. The van der Waals surface area contributed by atoms with Gasteiger partial charge in [-0.05, 0) is 12.1 Å². The third-order valence-corrected chi connectivity index (χ3v) is 2.65. The molecule has 2 heterocycles. The van der Waals surface area contributed by atoms with Gasteiger partial charge >= 0.3 is 0 Å². The molecule has 0 saturated carbocycles. The van der Waals surface area contributed by atoms with Crippen molar-refractivity contribution in [2.45, 2.75) is 0 Å². The Labute approximate surface area is 115 Å². The summed E-state index contributed by atoms with van der Waals surface area (Å²) < 4.78 is 5.23. The zero-order valence-electron chi connectivity index (χ0n) is 10.8. The van der Waals surface area contributed by atoms with Crippen molar-refractivity contribution in [1.29, 1.82) is 0 Å². The van der Waals surface area contributed by atoms with Gasteiger partial charge in [0, 0.05) is 12.4 Å². The fraction of sp³-hybridized carbons (Fsp3) is 0.0714. The van der Waals surface area contributed by atoms with Crippen LogP contribution < -0.4 is 4.74 Å². The van der Waals surface area contributed by atoms with E-state index in [2.05, 4.69) is 24.9 Å². The number of benzene rings is 1. The number of nitrogens with zero attached hydrogens (tertiary/aromatic N) is 5. The van der Waals surface area contributed by atoms with Gasteiger partial charge in [0.15, 0.2) is 11.5 Å². The number of methoxy groups -OCH3 is 1. The van der Waals surface area contributed by atoms with Gasteiger partial charge in [0.1, 0.15) is 17.0 Å². The molecule has 0 saturated heterocycles. The van der Waals surface area contributed by atoms with Crippen LogP contribution in [0.1, 0.15) is 5.82 Å². The molecule has 6 nitrogen and oxygen atoms in total. The number of hydrogen-bond acceptors (Lipinski definition) is 6. The average Bonchev–Trinajstić information content (AvgIpc) is 2.53. The first-order valence-electron chi connectivity index (χ1n) is 5.97. The van der Waals surface area contributed by atoms with E-state index < -0.39 is 0 Å². The first kappa shape index (κ1) is 12.2. The highest BCUT2D eigenvalue weighted by Gasteiger charge is 2.01. The number of aromatic nitrogens is 4. The second-order valence-corrected chi connectivity index (χ2v) is 3.92. The molecule has 2 aromatic heterocycles. The minimum Gasteiger partial charge on any atom is -0.494 e. The minimum atomic E-state index is 0.476. The quantitative estimate of drug-likeness (QED) is 0.678. The van der Waals surface area contributed by atoms with E-state index in [4.69, 9.17) is 4.74 Å². The van der Waals surface area contributed by atoms with E-state index in [1.54, 1.807) is 31.9 Å². The van der Waals surface area contributed by atoms with Crippen molar-refractivity contribution < 1.29 is 4.74 Å². The Morgan fingerprint density at radius 2 is 1.95 bits per heavy atom. The number of fused-ring (bicyclic) bond motifs is 1. The molecule has 6 heteroatoms. The van der Waals surface area contributed by atoms with Gasteiger partial charge in [-0.3, -0.25) is 0 Å². The largest absolute Gasteiger partial charge is 0.494 e. The van der Waals surface area contributed by atoms with E-state index in [-0.39, 0.29) is 0 Å². The van der Waals surface area contributed by atoms with Crippen LogP contribution in [-0.4, -0.2) is 33.3 Å². The summed E-state index contributed by atoms with van der Waals surface area (Å²) in [5.41, 5.74) is 1.92. The van der Waals surface area contributed by atoms with Gasteiger partial charge < -0.3 is 4.74 Å². The lowest BCUT2D eigenvalue weighted by Crippen LogP contribution is -1.96. The van der Waals surface area contributed by atoms with Gasteiger partial charge in [-0.25, -0.2) is 24.9 Å². The molecule has 0 bridgehead atoms. The van der Waals surface area contributed by atoms with Gasteiger partial charge in [0.25, 0.3) is 0 Å². The predicted molar refractivity (Wildman–Crippen MR) is 75.4 cm³/mol. The summed E-state index contributed by atoms with van der Waals surface area (Å²) in [6, 6.07) is 7.48. The monoisotopic (exact) mass is 265 g/mol. The minimum absolute atomic E-state index is 0.476. The van der Waals surface area contributed by atoms with Crippen LogP contribution in [0.25, 0.3) is 11.2 Å². The van der Waals surface area contributed by atoms with Crippen LogP contribution in [0, 0.1) is 0 Å². The van der Waals surface area contributed by atoms with Crippen molar-refractivity contribution >= 4 is 23.1 Å². The first-order chi connectivity index (χ1) is 9.86. The standard InChI is InChI=1S/C14H11N5O/c1-20-12-5-3-2-4-10(12)17-9-13-18-8-11-14(19-13)16-7-6-15-11/h2-9H,1H3. The Balaban J connectivity index is 1.94. The zero-order valence-corrected chi connectivity index (χ0v) is 10.8. The molecule has 0 unspecified atom stereocenters. The fourth-order valence-corrected chi connectivity index (χ4v) is 1.71. The summed E-state index contributed by atoms with van der Waals surface area (Å²) in [6.45, 7) is 0. The normalized spacial score (nSPS) is 11.1. The van der Waals surface area contributed by atoms with Crippen molar-refractivity contribution in [2.75, 3.05) is 7.11 Å². The van der Waals surface area contributed by atoms with Crippen LogP contribution in [0.4, 0.5) is 5.69 Å². The average molecular weight is 265 g/mol. The van der Waals surface area contributed by atoms with Crippen molar-refractivity contribution in [3.8, 4) is 5.75 Å². The lowest BCUT2D eigenvalue weighted by atomic mass is 10.3. The Hall–Kier alpha value is -2.89. The molecule has 0 aliphatic heterocycles. The van der Waals surface area contributed by atoms with Crippen LogP contribution in [0.15, 0.2) is 47.8 Å². The maximum absolute atomic E-state index is 5.23. The topological polar surface area (TPSA) is 73.2 Å². The van der Waals surface area contributed by atoms with Crippen LogP contribution in [0.3, 0.4) is 0 Å². The maximum Gasteiger partial charge on any atom is 0.181 e. The number of hydrogen-bond donors (Lipinski definition) is 0. The van der Waals surface area contributed by atoms with E-state index in [0.29, 0.717) is 22.7 Å². The highest BCUT2D eigenvalue weighted by atomic mass is 16.5. The summed E-state index contributed by atoms with van der Waals surface area (Å²) in [6.07, 6.45) is 6.40. The lowest BCUT2D eigenvalue weighted by molar-refractivity contribution is 0.416. The predicted octanol–water partition coefficient (Wildman–Crippen LogP) is 2.18. The maximum atomic E-state index is 5.23. The summed E-state index contributed by atoms with van der Waals surface area (Å²) in [5, 5.41) is 0. The molecule has 0 aliphatic rings. The first-order valence-corrected chi connectivity index (χ1v) is 5.97. The molecular weight excluding hydrogens is 254 g/mol. The van der Waals surface area contributed by atoms with Crippen molar-refractivity contribution in [1.82, 2.24) is 19.9 Å². The molecule has 3 aromatic rings. The van der Waals surface area contributed by atoms with Gasteiger partial charge in [0.05, 0.1) is 19.5 Å².